The van der Waals surface area contributed by atoms with Crippen LogP contribution >= 0.6 is 0 Å². The van der Waals surface area contributed by atoms with Gasteiger partial charge >= 0.3 is 0 Å². The summed E-state index contributed by atoms with van der Waals surface area (Å²) in [6.07, 6.45) is 1.74. The summed E-state index contributed by atoms with van der Waals surface area (Å²) in [7, 11) is 0. The summed E-state index contributed by atoms with van der Waals surface area (Å²) in [5, 5.41) is 12.3. The monoisotopic (exact) mass is 214 g/mol. The highest BCUT2D eigenvalue weighted by Crippen LogP contribution is 2.32. The van der Waals surface area contributed by atoms with Gasteiger partial charge in [0.2, 0.25) is 5.91 Å². The third kappa shape index (κ3) is 3.80. The Labute approximate surface area is 91.2 Å². The van der Waals surface area contributed by atoms with E-state index in [1.165, 1.54) is 0 Å². The fourth-order valence-electron chi connectivity index (χ4n) is 1.36. The summed E-state index contributed by atoms with van der Waals surface area (Å²) in [6.45, 7) is 6.10. The zero-order valence-corrected chi connectivity index (χ0v) is 9.79. The van der Waals surface area contributed by atoms with Crippen molar-refractivity contribution in [3.05, 3.63) is 0 Å². The Morgan fingerprint density at radius 2 is 2.07 bits per heavy atom. The number of nitrogens with two attached hydrogens (primary N) is 1. The van der Waals surface area contributed by atoms with Gasteiger partial charge in [-0.3, -0.25) is 4.79 Å². The second kappa shape index (κ2) is 4.49. The minimum atomic E-state index is -0.524. The molecule has 0 bridgehead atoms. The Balaban J connectivity index is 2.28. The maximum atomic E-state index is 11.6. The molecule has 0 aromatic rings. The fraction of sp³-hybridized carbons (Fsp3) is 0.909. The van der Waals surface area contributed by atoms with E-state index in [1.807, 2.05) is 20.8 Å². The van der Waals surface area contributed by atoms with Crippen LogP contribution in [0.1, 0.15) is 33.6 Å². The number of hydrogen-bond donors (Lipinski definition) is 3. The van der Waals surface area contributed by atoms with Crippen molar-refractivity contribution in [2.75, 3.05) is 6.54 Å². The minimum absolute atomic E-state index is 0.179. The molecule has 0 aromatic carbocycles. The van der Waals surface area contributed by atoms with Crippen molar-refractivity contribution in [1.82, 2.24) is 5.32 Å². The van der Waals surface area contributed by atoms with Gasteiger partial charge in [-0.05, 0) is 24.2 Å². The van der Waals surface area contributed by atoms with Gasteiger partial charge in [-0.2, -0.15) is 0 Å². The molecule has 0 aromatic heterocycles. The van der Waals surface area contributed by atoms with E-state index in [-0.39, 0.29) is 11.3 Å². The molecule has 1 rings (SSSR count). The number of nitrogens with one attached hydrogen (secondary N) is 1. The van der Waals surface area contributed by atoms with Crippen LogP contribution in [0.25, 0.3) is 0 Å². The highest BCUT2D eigenvalue weighted by atomic mass is 16.3. The van der Waals surface area contributed by atoms with Gasteiger partial charge in [0, 0.05) is 6.54 Å². The Morgan fingerprint density at radius 1 is 1.53 bits per heavy atom. The van der Waals surface area contributed by atoms with Crippen molar-refractivity contribution >= 4 is 5.91 Å². The quantitative estimate of drug-likeness (QED) is 0.628. The summed E-state index contributed by atoms with van der Waals surface area (Å²) in [6, 6.07) is -0.524. The molecule has 88 valence electrons. The molecule has 4 nitrogen and oxygen atoms in total. The molecule has 0 spiro atoms. The lowest BCUT2D eigenvalue weighted by molar-refractivity contribution is -0.125. The van der Waals surface area contributed by atoms with Crippen LogP contribution < -0.4 is 11.1 Å². The van der Waals surface area contributed by atoms with Gasteiger partial charge in [0.1, 0.15) is 0 Å². The smallest absolute Gasteiger partial charge is 0.237 e. The van der Waals surface area contributed by atoms with Crippen molar-refractivity contribution < 1.29 is 9.90 Å². The maximum absolute atomic E-state index is 11.6. The predicted molar refractivity (Wildman–Crippen MR) is 59.2 cm³/mol. The molecule has 2 atom stereocenters. The third-order valence-electron chi connectivity index (χ3n) is 2.87. The number of hydrogen-bond acceptors (Lipinski definition) is 3. The average Bonchev–Trinajstić information content (AvgIpc) is 2.93. The van der Waals surface area contributed by atoms with Crippen LogP contribution in [-0.4, -0.2) is 29.7 Å². The van der Waals surface area contributed by atoms with Crippen molar-refractivity contribution in [2.45, 2.75) is 45.8 Å². The summed E-state index contributed by atoms with van der Waals surface area (Å²) in [5.74, 6) is 0.207. The van der Waals surface area contributed by atoms with Crippen LogP contribution in [0.15, 0.2) is 0 Å². The first-order valence-electron chi connectivity index (χ1n) is 5.53. The van der Waals surface area contributed by atoms with Crippen LogP contribution in [0.5, 0.6) is 0 Å². The normalized spacial score (nSPS) is 20.9. The van der Waals surface area contributed by atoms with E-state index in [1.54, 1.807) is 0 Å². The molecular weight excluding hydrogens is 192 g/mol. The van der Waals surface area contributed by atoms with Crippen LogP contribution in [0.2, 0.25) is 0 Å². The number of amides is 1. The molecule has 0 radical (unpaired) electrons. The van der Waals surface area contributed by atoms with E-state index in [9.17, 15) is 9.90 Å². The van der Waals surface area contributed by atoms with E-state index < -0.39 is 12.1 Å². The molecule has 4 N–H and O–H groups in total. The first kappa shape index (κ1) is 12.5. The van der Waals surface area contributed by atoms with Gasteiger partial charge in [-0.1, -0.05) is 20.8 Å². The van der Waals surface area contributed by atoms with E-state index >= 15 is 0 Å². The SMILES string of the molecule is CC(C)(C)[C@H](N)C(=O)NCC(O)C1CC1. The number of carbonyl (C=O) groups is 1. The lowest BCUT2D eigenvalue weighted by atomic mass is 9.87. The second-order valence-electron chi connectivity index (χ2n) is 5.49. The molecule has 0 saturated heterocycles. The van der Waals surface area contributed by atoms with Gasteiger partial charge < -0.3 is 16.2 Å². The van der Waals surface area contributed by atoms with Crippen LogP contribution in [0, 0.1) is 11.3 Å². The summed E-state index contributed by atoms with van der Waals surface area (Å²) in [5.41, 5.74) is 5.54. The standard InChI is InChI=1S/C11H22N2O2/c1-11(2,3)9(12)10(15)13-6-8(14)7-4-5-7/h7-9,14H,4-6,12H2,1-3H3,(H,13,15)/t8?,9-/m1/s1. The molecule has 0 heterocycles. The van der Waals surface area contributed by atoms with Crippen LogP contribution in [0.3, 0.4) is 0 Å². The van der Waals surface area contributed by atoms with Crippen LogP contribution in [-0.2, 0) is 4.79 Å². The zero-order chi connectivity index (χ0) is 11.6. The fourth-order valence-corrected chi connectivity index (χ4v) is 1.36. The van der Waals surface area contributed by atoms with E-state index in [2.05, 4.69) is 5.32 Å². The molecule has 15 heavy (non-hydrogen) atoms. The zero-order valence-electron chi connectivity index (χ0n) is 9.79. The van der Waals surface area contributed by atoms with Crippen molar-refractivity contribution in [3.8, 4) is 0 Å². The van der Waals surface area contributed by atoms with Crippen molar-refractivity contribution in [2.24, 2.45) is 17.1 Å². The molecule has 1 aliphatic rings. The number of aliphatic hydroxyl groups is 1. The topological polar surface area (TPSA) is 75.4 Å². The van der Waals surface area contributed by atoms with Gasteiger partial charge in [-0.15, -0.1) is 0 Å². The second-order valence-corrected chi connectivity index (χ2v) is 5.49. The first-order chi connectivity index (χ1) is 6.82. The molecule has 0 aliphatic heterocycles. The molecule has 1 fully saturated rings. The maximum Gasteiger partial charge on any atom is 0.237 e. The average molecular weight is 214 g/mol. The van der Waals surface area contributed by atoms with E-state index in [0.717, 1.165) is 12.8 Å². The lowest BCUT2D eigenvalue weighted by Gasteiger charge is -2.26. The molecular formula is C11H22N2O2. The Bertz CT molecular complexity index is 231. The Hall–Kier alpha value is -0.610. The predicted octanol–water partition coefficient (Wildman–Crippen LogP) is 0.247. The molecule has 1 amide bonds. The van der Waals surface area contributed by atoms with Gasteiger partial charge in [0.15, 0.2) is 0 Å². The molecule has 4 heteroatoms. The largest absolute Gasteiger partial charge is 0.391 e. The highest BCUT2D eigenvalue weighted by Gasteiger charge is 2.31. The van der Waals surface area contributed by atoms with Crippen molar-refractivity contribution in [3.63, 3.8) is 0 Å². The van der Waals surface area contributed by atoms with Crippen LogP contribution in [0.4, 0.5) is 0 Å². The summed E-state index contributed by atoms with van der Waals surface area (Å²) < 4.78 is 0. The lowest BCUT2D eigenvalue weighted by Crippen LogP contribution is -2.50. The van der Waals surface area contributed by atoms with Gasteiger partial charge in [0.05, 0.1) is 12.1 Å². The highest BCUT2D eigenvalue weighted by molar-refractivity contribution is 5.82. The van der Waals surface area contributed by atoms with Gasteiger partial charge in [0.25, 0.3) is 0 Å². The summed E-state index contributed by atoms with van der Waals surface area (Å²) >= 11 is 0. The number of rotatable bonds is 4. The molecule has 1 unspecified atom stereocenters. The Morgan fingerprint density at radius 3 is 2.47 bits per heavy atom. The van der Waals surface area contributed by atoms with E-state index in [0.29, 0.717) is 12.5 Å². The first-order valence-corrected chi connectivity index (χ1v) is 5.53. The molecule has 1 aliphatic carbocycles. The number of carbonyl (C=O) groups excluding carboxylic acids is 1. The van der Waals surface area contributed by atoms with E-state index in [4.69, 9.17) is 5.73 Å². The van der Waals surface area contributed by atoms with Crippen molar-refractivity contribution in [1.29, 1.82) is 0 Å². The minimum Gasteiger partial charge on any atom is -0.391 e. The number of aliphatic hydroxyl groups excluding tert-OH is 1. The third-order valence-corrected chi connectivity index (χ3v) is 2.87. The summed E-state index contributed by atoms with van der Waals surface area (Å²) in [4.78, 5) is 11.6. The molecule has 1 saturated carbocycles. The Kier molecular flexibility index (Phi) is 3.73. The van der Waals surface area contributed by atoms with Gasteiger partial charge in [-0.25, -0.2) is 0 Å².